The number of anilines is 1. The number of likely N-dealkylation sites (tertiary alicyclic amines) is 1. The van der Waals surface area contributed by atoms with Crippen LogP contribution in [0.1, 0.15) is 18.9 Å². The Morgan fingerprint density at radius 3 is 2.58 bits per heavy atom. The van der Waals surface area contributed by atoms with Crippen molar-refractivity contribution < 1.29 is 13.2 Å². The van der Waals surface area contributed by atoms with Gasteiger partial charge >= 0.3 is 6.18 Å². The zero-order chi connectivity index (χ0) is 14.2. The fourth-order valence-electron chi connectivity index (χ4n) is 2.37. The Morgan fingerprint density at radius 1 is 1.37 bits per heavy atom. The van der Waals surface area contributed by atoms with Crippen molar-refractivity contribution in [1.82, 2.24) is 4.90 Å². The zero-order valence-electron chi connectivity index (χ0n) is 10.8. The summed E-state index contributed by atoms with van der Waals surface area (Å²) in [5.74, 6) is 0. The molecule has 0 saturated carbocycles. The standard InChI is InChI=1S/C13H16BrF3N2/c1-8-5-10(7-19(8)2)18-9-3-4-12(14)11(6-9)13(15,16)17/h3-4,6,8,10,18H,5,7H2,1-2H3. The first-order valence-electron chi connectivity index (χ1n) is 6.11. The van der Waals surface area contributed by atoms with Crippen LogP contribution in [0.4, 0.5) is 18.9 Å². The van der Waals surface area contributed by atoms with Crippen molar-refractivity contribution in [3.05, 3.63) is 28.2 Å². The average molecular weight is 337 g/mol. The Hall–Kier alpha value is -0.750. The fourth-order valence-corrected chi connectivity index (χ4v) is 2.84. The van der Waals surface area contributed by atoms with Gasteiger partial charge < -0.3 is 10.2 Å². The van der Waals surface area contributed by atoms with Gasteiger partial charge in [0.25, 0.3) is 0 Å². The summed E-state index contributed by atoms with van der Waals surface area (Å²) in [4.78, 5) is 2.20. The highest BCUT2D eigenvalue weighted by Gasteiger charge is 2.33. The molecule has 0 amide bonds. The van der Waals surface area contributed by atoms with Crippen molar-refractivity contribution in [2.24, 2.45) is 0 Å². The zero-order valence-corrected chi connectivity index (χ0v) is 12.3. The van der Waals surface area contributed by atoms with Crippen LogP contribution in [-0.4, -0.2) is 30.6 Å². The fraction of sp³-hybridized carbons (Fsp3) is 0.538. The monoisotopic (exact) mass is 336 g/mol. The number of nitrogens with one attached hydrogen (secondary N) is 1. The highest BCUT2D eigenvalue weighted by atomic mass is 79.9. The lowest BCUT2D eigenvalue weighted by Gasteiger charge is -2.16. The van der Waals surface area contributed by atoms with E-state index in [4.69, 9.17) is 0 Å². The van der Waals surface area contributed by atoms with Crippen molar-refractivity contribution in [1.29, 1.82) is 0 Å². The van der Waals surface area contributed by atoms with Crippen LogP contribution in [0.15, 0.2) is 22.7 Å². The molecule has 106 valence electrons. The summed E-state index contributed by atoms with van der Waals surface area (Å²) >= 11 is 2.94. The summed E-state index contributed by atoms with van der Waals surface area (Å²) in [5, 5.41) is 3.18. The maximum absolute atomic E-state index is 12.8. The highest BCUT2D eigenvalue weighted by molar-refractivity contribution is 9.10. The lowest BCUT2D eigenvalue weighted by molar-refractivity contribution is -0.138. The van der Waals surface area contributed by atoms with Gasteiger partial charge in [-0.2, -0.15) is 13.2 Å². The lowest BCUT2D eigenvalue weighted by atomic mass is 10.1. The van der Waals surface area contributed by atoms with Crippen LogP contribution in [0.2, 0.25) is 0 Å². The van der Waals surface area contributed by atoms with Crippen molar-refractivity contribution >= 4 is 21.6 Å². The molecule has 1 N–H and O–H groups in total. The molecule has 0 bridgehead atoms. The largest absolute Gasteiger partial charge is 0.417 e. The maximum Gasteiger partial charge on any atom is 0.417 e. The molecule has 0 radical (unpaired) electrons. The molecule has 1 aromatic rings. The molecule has 1 aliphatic rings. The summed E-state index contributed by atoms with van der Waals surface area (Å²) in [5.41, 5.74) is -0.125. The van der Waals surface area contributed by atoms with E-state index < -0.39 is 11.7 Å². The molecular weight excluding hydrogens is 321 g/mol. The maximum atomic E-state index is 12.8. The molecule has 6 heteroatoms. The van der Waals surface area contributed by atoms with Gasteiger partial charge in [-0.3, -0.25) is 0 Å². The summed E-state index contributed by atoms with van der Waals surface area (Å²) in [6.45, 7) is 2.96. The van der Waals surface area contributed by atoms with E-state index in [-0.39, 0.29) is 10.5 Å². The SMILES string of the molecule is CC1CC(Nc2ccc(Br)c(C(F)(F)F)c2)CN1C. The van der Waals surface area contributed by atoms with Gasteiger partial charge in [0.15, 0.2) is 0 Å². The van der Waals surface area contributed by atoms with Crippen LogP contribution in [-0.2, 0) is 6.18 Å². The number of nitrogens with zero attached hydrogens (tertiary/aromatic N) is 1. The van der Waals surface area contributed by atoms with E-state index in [2.05, 4.69) is 33.1 Å². The molecule has 1 aromatic carbocycles. The first kappa shape index (κ1) is 14.7. The quantitative estimate of drug-likeness (QED) is 0.878. The molecule has 2 rings (SSSR count). The van der Waals surface area contributed by atoms with E-state index in [1.165, 1.54) is 6.07 Å². The van der Waals surface area contributed by atoms with Crippen molar-refractivity contribution in [2.75, 3.05) is 18.9 Å². The Balaban J connectivity index is 2.14. The number of halogens is 4. The molecule has 1 heterocycles. The number of hydrogen-bond acceptors (Lipinski definition) is 2. The third-order valence-corrected chi connectivity index (χ3v) is 4.22. The average Bonchev–Trinajstić information content (AvgIpc) is 2.59. The molecule has 1 saturated heterocycles. The minimum atomic E-state index is -4.34. The van der Waals surface area contributed by atoms with Crippen molar-refractivity contribution in [3.8, 4) is 0 Å². The Morgan fingerprint density at radius 2 is 2.05 bits per heavy atom. The van der Waals surface area contributed by atoms with Gasteiger partial charge in [0.2, 0.25) is 0 Å². The van der Waals surface area contributed by atoms with E-state index in [1.54, 1.807) is 6.07 Å². The van der Waals surface area contributed by atoms with E-state index in [0.717, 1.165) is 19.0 Å². The predicted molar refractivity (Wildman–Crippen MR) is 73.3 cm³/mol. The topological polar surface area (TPSA) is 15.3 Å². The normalized spacial score (nSPS) is 24.7. The number of benzene rings is 1. The molecule has 2 unspecified atom stereocenters. The molecule has 0 aromatic heterocycles. The summed E-state index contributed by atoms with van der Waals surface area (Å²) in [6.07, 6.45) is -3.40. The number of alkyl halides is 3. The molecule has 0 aliphatic carbocycles. The summed E-state index contributed by atoms with van der Waals surface area (Å²) < 4.78 is 38.5. The van der Waals surface area contributed by atoms with E-state index >= 15 is 0 Å². The van der Waals surface area contributed by atoms with Gasteiger partial charge in [-0.1, -0.05) is 15.9 Å². The van der Waals surface area contributed by atoms with Crippen molar-refractivity contribution in [2.45, 2.75) is 31.6 Å². The molecular formula is C13H16BrF3N2. The predicted octanol–water partition coefficient (Wildman–Crippen LogP) is 3.97. The Kier molecular flexibility index (Phi) is 4.11. The highest BCUT2D eigenvalue weighted by Crippen LogP contribution is 2.36. The molecule has 0 spiro atoms. The minimum absolute atomic E-state index is 0.0717. The second-order valence-corrected chi connectivity index (χ2v) is 5.91. The molecule has 1 fully saturated rings. The van der Waals surface area contributed by atoms with Gasteiger partial charge in [0, 0.05) is 28.8 Å². The number of likely N-dealkylation sites (N-methyl/N-ethyl adjacent to an activating group) is 1. The first-order valence-corrected chi connectivity index (χ1v) is 6.90. The third-order valence-electron chi connectivity index (χ3n) is 3.53. The minimum Gasteiger partial charge on any atom is -0.381 e. The van der Waals surface area contributed by atoms with Gasteiger partial charge in [-0.05, 0) is 38.6 Å². The smallest absolute Gasteiger partial charge is 0.381 e. The van der Waals surface area contributed by atoms with Gasteiger partial charge in [0.05, 0.1) is 5.56 Å². The number of hydrogen-bond donors (Lipinski definition) is 1. The number of rotatable bonds is 2. The molecule has 2 nitrogen and oxygen atoms in total. The van der Waals surface area contributed by atoms with Crippen LogP contribution < -0.4 is 5.32 Å². The third kappa shape index (κ3) is 3.42. The van der Waals surface area contributed by atoms with Crippen LogP contribution in [0.3, 0.4) is 0 Å². The first-order chi connectivity index (χ1) is 8.77. The van der Waals surface area contributed by atoms with E-state index in [9.17, 15) is 13.2 Å². The Labute approximate surface area is 119 Å². The lowest BCUT2D eigenvalue weighted by Crippen LogP contribution is -2.25. The summed E-state index contributed by atoms with van der Waals surface area (Å²) in [6, 6.07) is 4.92. The van der Waals surface area contributed by atoms with E-state index in [1.807, 2.05) is 7.05 Å². The molecule has 19 heavy (non-hydrogen) atoms. The van der Waals surface area contributed by atoms with Gasteiger partial charge in [0.1, 0.15) is 0 Å². The van der Waals surface area contributed by atoms with Crippen LogP contribution in [0, 0.1) is 0 Å². The molecule has 1 aliphatic heterocycles. The second-order valence-electron chi connectivity index (χ2n) is 5.06. The van der Waals surface area contributed by atoms with Crippen LogP contribution >= 0.6 is 15.9 Å². The van der Waals surface area contributed by atoms with Gasteiger partial charge in [-0.15, -0.1) is 0 Å². The van der Waals surface area contributed by atoms with E-state index in [0.29, 0.717) is 11.7 Å². The van der Waals surface area contributed by atoms with Crippen LogP contribution in [0.5, 0.6) is 0 Å². The van der Waals surface area contributed by atoms with Crippen LogP contribution in [0.25, 0.3) is 0 Å². The van der Waals surface area contributed by atoms with Crippen molar-refractivity contribution in [3.63, 3.8) is 0 Å². The Bertz CT molecular complexity index is 452. The second kappa shape index (κ2) is 5.32. The van der Waals surface area contributed by atoms with Gasteiger partial charge in [-0.25, -0.2) is 0 Å². The summed E-state index contributed by atoms with van der Waals surface area (Å²) in [7, 11) is 2.02. The molecule has 2 atom stereocenters.